The van der Waals surface area contributed by atoms with Gasteiger partial charge in [0.05, 0.1) is 16.3 Å². The van der Waals surface area contributed by atoms with E-state index in [0.29, 0.717) is 21.9 Å². The van der Waals surface area contributed by atoms with Crippen molar-refractivity contribution in [1.29, 1.82) is 0 Å². The minimum Gasteiger partial charge on any atom is -0.321 e. The van der Waals surface area contributed by atoms with Crippen LogP contribution in [-0.4, -0.2) is 28.4 Å². The molecule has 2 aromatic rings. The molecule has 0 radical (unpaired) electrons. The van der Waals surface area contributed by atoms with Gasteiger partial charge in [-0.2, -0.15) is 8.42 Å². The van der Waals surface area contributed by atoms with Gasteiger partial charge in [0.25, 0.3) is 5.91 Å². The largest absolute Gasteiger partial charge is 0.326 e. The number of thiophene rings is 1. The van der Waals surface area contributed by atoms with Gasteiger partial charge < -0.3 is 5.32 Å². The predicted molar refractivity (Wildman–Crippen MR) is 84.4 cm³/mol. The molecule has 0 bridgehead atoms. The molecule has 0 spiro atoms. The van der Waals surface area contributed by atoms with Crippen molar-refractivity contribution < 1.29 is 13.2 Å². The molecule has 1 aromatic carbocycles. The number of nitrogens with zero attached hydrogens (tertiary/aromatic N) is 2. The van der Waals surface area contributed by atoms with Crippen molar-refractivity contribution >= 4 is 44.5 Å². The van der Waals surface area contributed by atoms with E-state index in [1.165, 1.54) is 34.0 Å². The maximum absolute atomic E-state index is 12.0. The fraction of sp³-hybridized carbons (Fsp3) is 0.154. The van der Waals surface area contributed by atoms with Crippen LogP contribution in [0.25, 0.3) is 0 Å². The monoisotopic (exact) mass is 323 g/mol. The highest BCUT2D eigenvalue weighted by Gasteiger charge is 2.35. The number of nitrogens with one attached hydrogen (secondary N) is 1. The van der Waals surface area contributed by atoms with Crippen molar-refractivity contribution in [3.8, 4) is 0 Å². The van der Waals surface area contributed by atoms with Gasteiger partial charge in [-0.05, 0) is 29.6 Å². The van der Waals surface area contributed by atoms with E-state index in [2.05, 4.69) is 5.32 Å². The van der Waals surface area contributed by atoms with Gasteiger partial charge in [0.1, 0.15) is 0 Å². The van der Waals surface area contributed by atoms with Crippen LogP contribution in [0, 0.1) is 0 Å². The molecule has 8 heteroatoms. The fourth-order valence-electron chi connectivity index (χ4n) is 2.15. The number of carbonyl (C=O) groups excluding carboxylic acids is 1. The van der Waals surface area contributed by atoms with Crippen molar-refractivity contribution in [2.24, 2.45) is 0 Å². The summed E-state index contributed by atoms with van der Waals surface area (Å²) in [5.74, 6) is -0.207. The molecule has 0 aliphatic carbocycles. The van der Waals surface area contributed by atoms with E-state index in [0.717, 1.165) is 0 Å². The number of hydrogen-bond donors (Lipinski definition) is 1. The van der Waals surface area contributed by atoms with Gasteiger partial charge in [-0.25, -0.2) is 0 Å². The van der Waals surface area contributed by atoms with Crippen molar-refractivity contribution in [2.75, 3.05) is 28.0 Å². The summed E-state index contributed by atoms with van der Waals surface area (Å²) in [6.07, 6.45) is 0. The smallest absolute Gasteiger partial charge is 0.321 e. The highest BCUT2D eigenvalue weighted by atomic mass is 32.2. The van der Waals surface area contributed by atoms with Gasteiger partial charge in [-0.3, -0.25) is 13.4 Å². The summed E-state index contributed by atoms with van der Waals surface area (Å²) in [5.41, 5.74) is 1.69. The molecular weight excluding hydrogens is 310 g/mol. The Morgan fingerprint density at radius 2 is 1.86 bits per heavy atom. The zero-order valence-electron chi connectivity index (χ0n) is 11.4. The molecule has 6 nitrogen and oxygen atoms in total. The molecule has 2 heterocycles. The number of rotatable bonds is 2. The normalized spacial score (nSPS) is 15.9. The van der Waals surface area contributed by atoms with Crippen LogP contribution < -0.4 is 13.9 Å². The van der Waals surface area contributed by atoms with Gasteiger partial charge in [0, 0.05) is 19.8 Å². The third-order valence-electron chi connectivity index (χ3n) is 3.35. The molecular formula is C13H13N3O3S2. The summed E-state index contributed by atoms with van der Waals surface area (Å²) in [6, 6.07) is 8.56. The molecule has 0 saturated heterocycles. The van der Waals surface area contributed by atoms with Gasteiger partial charge in [0.15, 0.2) is 0 Å². The van der Waals surface area contributed by atoms with Gasteiger partial charge in [-0.1, -0.05) is 6.07 Å². The second-order valence-electron chi connectivity index (χ2n) is 4.58. The number of anilines is 3. The summed E-state index contributed by atoms with van der Waals surface area (Å²) >= 11 is 1.35. The van der Waals surface area contributed by atoms with Crippen molar-refractivity contribution in [1.82, 2.24) is 0 Å². The maximum Gasteiger partial charge on any atom is 0.326 e. The van der Waals surface area contributed by atoms with Crippen molar-refractivity contribution in [3.05, 3.63) is 40.6 Å². The Kier molecular flexibility index (Phi) is 3.14. The maximum atomic E-state index is 12.0. The third kappa shape index (κ3) is 2.16. The summed E-state index contributed by atoms with van der Waals surface area (Å²) < 4.78 is 26.5. The molecule has 1 amide bonds. The molecule has 0 saturated carbocycles. The second kappa shape index (κ2) is 4.74. The van der Waals surface area contributed by atoms with Crippen molar-refractivity contribution in [3.63, 3.8) is 0 Å². The second-order valence-corrected chi connectivity index (χ2v) is 7.52. The molecule has 110 valence electrons. The lowest BCUT2D eigenvalue weighted by Gasteiger charge is -2.13. The van der Waals surface area contributed by atoms with E-state index in [1.54, 1.807) is 30.3 Å². The lowest BCUT2D eigenvalue weighted by Crippen LogP contribution is -2.32. The number of carbonyl (C=O) groups is 1. The van der Waals surface area contributed by atoms with Crippen LogP contribution in [0.15, 0.2) is 35.7 Å². The summed E-state index contributed by atoms with van der Waals surface area (Å²) in [7, 11) is -0.505. The summed E-state index contributed by atoms with van der Waals surface area (Å²) in [5, 5.41) is 4.59. The van der Waals surface area contributed by atoms with Crippen molar-refractivity contribution in [2.45, 2.75) is 0 Å². The lowest BCUT2D eigenvalue weighted by atomic mass is 10.2. The Bertz CT molecular complexity index is 800. The number of amides is 1. The minimum absolute atomic E-state index is 0.207. The zero-order chi connectivity index (χ0) is 15.2. The van der Waals surface area contributed by atoms with E-state index in [-0.39, 0.29) is 5.91 Å². The van der Waals surface area contributed by atoms with Crippen LogP contribution in [0.4, 0.5) is 17.1 Å². The number of hydrogen-bond acceptors (Lipinski definition) is 4. The van der Waals surface area contributed by atoms with Crippen LogP contribution in [0.3, 0.4) is 0 Å². The number of benzene rings is 1. The molecule has 1 aromatic heterocycles. The molecule has 1 aliphatic heterocycles. The molecule has 0 unspecified atom stereocenters. The van der Waals surface area contributed by atoms with E-state index in [1.807, 2.05) is 5.38 Å². The SMILES string of the molecule is CN1c2ccc(NC(=O)c3cccs3)cc2N(C)S1(=O)=O. The first-order valence-corrected chi connectivity index (χ1v) is 8.40. The fourth-order valence-corrected chi connectivity index (χ4v) is 3.94. The van der Waals surface area contributed by atoms with E-state index in [9.17, 15) is 13.2 Å². The Balaban J connectivity index is 1.92. The number of fused-ring (bicyclic) bond motifs is 1. The first-order valence-electron chi connectivity index (χ1n) is 6.13. The van der Waals surface area contributed by atoms with E-state index in [4.69, 9.17) is 0 Å². The van der Waals surface area contributed by atoms with Crippen LogP contribution in [-0.2, 0) is 10.2 Å². The summed E-state index contributed by atoms with van der Waals surface area (Å²) in [6.45, 7) is 0. The van der Waals surface area contributed by atoms with Crippen LogP contribution in [0.5, 0.6) is 0 Å². The first-order chi connectivity index (χ1) is 9.91. The molecule has 0 atom stereocenters. The molecule has 0 fully saturated rings. The Hall–Kier alpha value is -2.06. The van der Waals surface area contributed by atoms with Crippen LogP contribution >= 0.6 is 11.3 Å². The summed E-state index contributed by atoms with van der Waals surface area (Å²) in [4.78, 5) is 12.6. The third-order valence-corrected chi connectivity index (χ3v) is 6.00. The van der Waals surface area contributed by atoms with Gasteiger partial charge >= 0.3 is 10.2 Å². The average Bonchev–Trinajstić information content (AvgIpc) is 3.04. The van der Waals surface area contributed by atoms with Crippen LogP contribution in [0.2, 0.25) is 0 Å². The Labute approximate surface area is 126 Å². The standard InChI is InChI=1S/C13H13N3O3S2/c1-15-10-6-5-9(8-11(10)16(2)21(15,18)19)14-13(17)12-4-3-7-20-12/h3-8H,1-2H3,(H,14,17). The predicted octanol–water partition coefficient (Wildman–Crippen LogP) is 2.13. The Morgan fingerprint density at radius 3 is 2.52 bits per heavy atom. The van der Waals surface area contributed by atoms with E-state index >= 15 is 0 Å². The quantitative estimate of drug-likeness (QED) is 0.920. The van der Waals surface area contributed by atoms with Gasteiger partial charge in [0.2, 0.25) is 0 Å². The highest BCUT2D eigenvalue weighted by Crippen LogP contribution is 2.40. The molecule has 1 aliphatic rings. The Morgan fingerprint density at radius 1 is 1.14 bits per heavy atom. The van der Waals surface area contributed by atoms with Gasteiger partial charge in [-0.15, -0.1) is 11.3 Å². The van der Waals surface area contributed by atoms with E-state index < -0.39 is 10.2 Å². The molecule has 3 rings (SSSR count). The molecule has 1 N–H and O–H groups in total. The van der Waals surface area contributed by atoms with Crippen LogP contribution in [0.1, 0.15) is 9.67 Å². The first kappa shape index (κ1) is 13.9. The highest BCUT2D eigenvalue weighted by molar-refractivity contribution is 7.94. The topological polar surface area (TPSA) is 69.7 Å². The lowest BCUT2D eigenvalue weighted by molar-refractivity contribution is 0.103. The molecule has 21 heavy (non-hydrogen) atoms. The average molecular weight is 323 g/mol. The minimum atomic E-state index is -3.50. The zero-order valence-corrected chi connectivity index (χ0v) is 13.0.